The van der Waals surface area contributed by atoms with Gasteiger partial charge in [-0.25, -0.2) is 0 Å². The molecule has 1 aromatic heterocycles. The van der Waals surface area contributed by atoms with Crippen LogP contribution in [0.5, 0.6) is 5.75 Å². The monoisotopic (exact) mass is 307 g/mol. The first kappa shape index (κ1) is 15.4. The molecular formula is C15H18ClN3O2. The van der Waals surface area contributed by atoms with Crippen molar-refractivity contribution in [2.75, 3.05) is 11.9 Å². The lowest BCUT2D eigenvalue weighted by Crippen LogP contribution is -2.24. The Balaban J connectivity index is 2.03. The Kier molecular flexibility index (Phi) is 4.85. The summed E-state index contributed by atoms with van der Waals surface area (Å²) >= 11 is 5.96. The average molecular weight is 308 g/mol. The molecule has 1 amide bonds. The second-order valence-corrected chi connectivity index (χ2v) is 5.07. The van der Waals surface area contributed by atoms with Gasteiger partial charge in [0.2, 0.25) is 5.91 Å². The van der Waals surface area contributed by atoms with Gasteiger partial charge in [0.15, 0.2) is 0 Å². The molecule has 21 heavy (non-hydrogen) atoms. The number of carbonyl (C=O) groups is 1. The van der Waals surface area contributed by atoms with E-state index in [0.717, 1.165) is 5.75 Å². The largest absolute Gasteiger partial charge is 0.494 e. The third-order valence-corrected chi connectivity index (χ3v) is 3.44. The van der Waals surface area contributed by atoms with Crippen LogP contribution in [0.2, 0.25) is 5.02 Å². The van der Waals surface area contributed by atoms with Crippen LogP contribution in [0.1, 0.15) is 25.6 Å². The minimum atomic E-state index is -0.442. The van der Waals surface area contributed by atoms with E-state index in [0.29, 0.717) is 23.0 Å². The normalized spacial score (nSPS) is 12.0. The van der Waals surface area contributed by atoms with Crippen LogP contribution in [0.15, 0.2) is 30.5 Å². The van der Waals surface area contributed by atoms with Crippen molar-refractivity contribution in [2.45, 2.75) is 26.8 Å². The molecule has 1 heterocycles. The lowest BCUT2D eigenvalue weighted by Gasteiger charge is -2.13. The van der Waals surface area contributed by atoms with Crippen molar-refractivity contribution < 1.29 is 9.53 Å². The fraction of sp³-hybridized carbons (Fsp3) is 0.333. The SMILES string of the molecule is CCOc1ccc(NC(=O)C(C)n2cc(Cl)c(C)n2)cc1. The Labute approximate surface area is 128 Å². The first-order chi connectivity index (χ1) is 10.0. The number of rotatable bonds is 5. The van der Waals surface area contributed by atoms with Crippen LogP contribution in [0.3, 0.4) is 0 Å². The third-order valence-electron chi connectivity index (χ3n) is 3.07. The Bertz CT molecular complexity index is 603. The number of benzene rings is 1. The van der Waals surface area contributed by atoms with E-state index in [1.165, 1.54) is 0 Å². The quantitative estimate of drug-likeness (QED) is 0.920. The van der Waals surface area contributed by atoms with Crippen molar-refractivity contribution in [3.8, 4) is 5.75 Å². The van der Waals surface area contributed by atoms with Crippen LogP contribution in [-0.4, -0.2) is 22.3 Å². The number of aromatic nitrogens is 2. The van der Waals surface area contributed by atoms with Gasteiger partial charge >= 0.3 is 0 Å². The molecule has 5 nitrogen and oxygen atoms in total. The van der Waals surface area contributed by atoms with E-state index in [4.69, 9.17) is 16.3 Å². The summed E-state index contributed by atoms with van der Waals surface area (Å²) in [7, 11) is 0. The maximum Gasteiger partial charge on any atom is 0.248 e. The van der Waals surface area contributed by atoms with Crippen LogP contribution in [-0.2, 0) is 4.79 Å². The molecule has 2 rings (SSSR count). The lowest BCUT2D eigenvalue weighted by molar-refractivity contribution is -0.119. The molecule has 1 N–H and O–H groups in total. The van der Waals surface area contributed by atoms with Crippen LogP contribution in [0, 0.1) is 6.92 Å². The van der Waals surface area contributed by atoms with Crippen molar-refractivity contribution >= 4 is 23.2 Å². The number of halogens is 1. The van der Waals surface area contributed by atoms with E-state index in [1.807, 2.05) is 19.1 Å². The summed E-state index contributed by atoms with van der Waals surface area (Å²) in [6.45, 7) is 6.11. The van der Waals surface area contributed by atoms with Crippen LogP contribution in [0.25, 0.3) is 0 Å². The highest BCUT2D eigenvalue weighted by atomic mass is 35.5. The first-order valence-electron chi connectivity index (χ1n) is 6.76. The predicted molar refractivity (Wildman–Crippen MR) is 82.9 cm³/mol. The van der Waals surface area contributed by atoms with Gasteiger partial charge in [0.1, 0.15) is 11.8 Å². The Morgan fingerprint density at radius 2 is 2.10 bits per heavy atom. The highest BCUT2D eigenvalue weighted by molar-refractivity contribution is 6.31. The first-order valence-corrected chi connectivity index (χ1v) is 7.14. The minimum Gasteiger partial charge on any atom is -0.494 e. The van der Waals surface area contributed by atoms with Crippen LogP contribution >= 0.6 is 11.6 Å². The predicted octanol–water partition coefficient (Wildman–Crippen LogP) is 3.44. The standard InChI is InChI=1S/C15H18ClN3O2/c1-4-21-13-7-5-12(6-8-13)17-15(20)11(3)19-9-14(16)10(2)18-19/h5-9,11H,4H2,1-3H3,(H,17,20). The number of amides is 1. The summed E-state index contributed by atoms with van der Waals surface area (Å²) in [4.78, 5) is 12.2. The van der Waals surface area contributed by atoms with E-state index in [-0.39, 0.29) is 5.91 Å². The zero-order valence-corrected chi connectivity index (χ0v) is 13.0. The van der Waals surface area contributed by atoms with Crippen molar-refractivity contribution in [1.82, 2.24) is 9.78 Å². The highest BCUT2D eigenvalue weighted by Gasteiger charge is 2.17. The second-order valence-electron chi connectivity index (χ2n) is 4.67. The Morgan fingerprint density at radius 3 is 2.62 bits per heavy atom. The van der Waals surface area contributed by atoms with E-state index < -0.39 is 6.04 Å². The Morgan fingerprint density at radius 1 is 1.43 bits per heavy atom. The summed E-state index contributed by atoms with van der Waals surface area (Å²) in [5, 5.41) is 7.61. The van der Waals surface area contributed by atoms with Gasteiger partial charge in [-0.2, -0.15) is 5.10 Å². The number of anilines is 1. The van der Waals surface area contributed by atoms with Gasteiger partial charge in [0.05, 0.1) is 17.3 Å². The second kappa shape index (κ2) is 6.63. The van der Waals surface area contributed by atoms with E-state index in [9.17, 15) is 4.79 Å². The molecule has 0 saturated heterocycles. The molecular weight excluding hydrogens is 290 g/mol. The van der Waals surface area contributed by atoms with Gasteiger partial charge in [0, 0.05) is 11.9 Å². The van der Waals surface area contributed by atoms with Gasteiger partial charge in [-0.1, -0.05) is 11.6 Å². The average Bonchev–Trinajstić information content (AvgIpc) is 2.80. The van der Waals surface area contributed by atoms with Crippen LogP contribution in [0.4, 0.5) is 5.69 Å². The summed E-state index contributed by atoms with van der Waals surface area (Å²) in [5.41, 5.74) is 1.42. The van der Waals surface area contributed by atoms with Gasteiger partial charge in [-0.3, -0.25) is 9.48 Å². The number of ether oxygens (including phenoxy) is 1. The zero-order chi connectivity index (χ0) is 15.4. The van der Waals surface area contributed by atoms with Crippen molar-refractivity contribution in [2.24, 2.45) is 0 Å². The van der Waals surface area contributed by atoms with Gasteiger partial charge < -0.3 is 10.1 Å². The van der Waals surface area contributed by atoms with Crippen molar-refractivity contribution in [1.29, 1.82) is 0 Å². The number of carbonyl (C=O) groups excluding carboxylic acids is 1. The molecule has 6 heteroatoms. The molecule has 0 aliphatic rings. The lowest BCUT2D eigenvalue weighted by atomic mass is 10.2. The van der Waals surface area contributed by atoms with Crippen molar-refractivity contribution in [3.05, 3.63) is 41.2 Å². The van der Waals surface area contributed by atoms with E-state index >= 15 is 0 Å². The molecule has 0 spiro atoms. The molecule has 0 aliphatic heterocycles. The maximum absolute atomic E-state index is 12.2. The molecule has 0 aliphatic carbocycles. The molecule has 0 saturated carbocycles. The summed E-state index contributed by atoms with van der Waals surface area (Å²) < 4.78 is 6.91. The van der Waals surface area contributed by atoms with Gasteiger partial charge in [-0.15, -0.1) is 0 Å². The zero-order valence-electron chi connectivity index (χ0n) is 12.3. The van der Waals surface area contributed by atoms with E-state index in [2.05, 4.69) is 10.4 Å². The molecule has 0 fully saturated rings. The van der Waals surface area contributed by atoms with Gasteiger partial charge in [0.25, 0.3) is 0 Å². The van der Waals surface area contributed by atoms with E-state index in [1.54, 1.807) is 36.9 Å². The number of nitrogens with one attached hydrogen (secondary N) is 1. The van der Waals surface area contributed by atoms with Crippen LogP contribution < -0.4 is 10.1 Å². The summed E-state index contributed by atoms with van der Waals surface area (Å²) in [6, 6.07) is 6.80. The number of aryl methyl sites for hydroxylation is 1. The summed E-state index contributed by atoms with van der Waals surface area (Å²) in [6.07, 6.45) is 1.65. The maximum atomic E-state index is 12.2. The third kappa shape index (κ3) is 3.76. The molecule has 112 valence electrons. The number of hydrogen-bond acceptors (Lipinski definition) is 3. The molecule has 1 unspecified atom stereocenters. The topological polar surface area (TPSA) is 56.1 Å². The summed E-state index contributed by atoms with van der Waals surface area (Å²) in [5.74, 6) is 0.622. The highest BCUT2D eigenvalue weighted by Crippen LogP contribution is 2.19. The molecule has 0 radical (unpaired) electrons. The Hall–Kier alpha value is -2.01. The minimum absolute atomic E-state index is 0.154. The fourth-order valence-electron chi connectivity index (χ4n) is 1.83. The molecule has 2 aromatic rings. The van der Waals surface area contributed by atoms with Gasteiger partial charge in [-0.05, 0) is 45.0 Å². The molecule has 0 bridgehead atoms. The number of hydrogen-bond donors (Lipinski definition) is 1. The molecule has 1 aromatic carbocycles. The molecule has 1 atom stereocenters. The smallest absolute Gasteiger partial charge is 0.248 e. The van der Waals surface area contributed by atoms with Crippen molar-refractivity contribution in [3.63, 3.8) is 0 Å². The number of nitrogens with zero attached hydrogens (tertiary/aromatic N) is 2. The fourth-order valence-corrected chi connectivity index (χ4v) is 1.96.